The highest BCUT2D eigenvalue weighted by Crippen LogP contribution is 2.38. The molecule has 166 valence electrons. The molecule has 3 unspecified atom stereocenters. The van der Waals surface area contributed by atoms with Crippen molar-refractivity contribution < 1.29 is 14.0 Å². The molecule has 0 fully saturated rings. The van der Waals surface area contributed by atoms with Crippen LogP contribution < -0.4 is 10.6 Å². The second-order valence-electron chi connectivity index (χ2n) is 8.99. The number of likely N-dealkylation sites (N-methyl/N-ethyl adjacent to an activating group) is 1. The van der Waals surface area contributed by atoms with Crippen molar-refractivity contribution in [2.45, 2.75) is 33.6 Å². The number of carbonyl (C=O) groups is 2. The van der Waals surface area contributed by atoms with Crippen LogP contribution in [-0.2, 0) is 4.79 Å². The Labute approximate surface area is 180 Å². The van der Waals surface area contributed by atoms with Crippen molar-refractivity contribution in [3.63, 3.8) is 0 Å². The quantitative estimate of drug-likeness (QED) is 0.605. The largest absolute Gasteiger partial charge is 0.355 e. The SMILES string of the molecule is CC1=CC(CNC(=O)c2cccc(F)c2)C(C(C)C)CC1CC(=O)NCCN(C)C. The number of allylic oxidation sites excluding steroid dienone is 1. The fourth-order valence-electron chi connectivity index (χ4n) is 4.16. The average Bonchev–Trinajstić information content (AvgIpc) is 2.67. The smallest absolute Gasteiger partial charge is 0.251 e. The predicted molar refractivity (Wildman–Crippen MR) is 119 cm³/mol. The van der Waals surface area contributed by atoms with Gasteiger partial charge in [-0.25, -0.2) is 4.39 Å². The minimum absolute atomic E-state index is 0.0926. The summed E-state index contributed by atoms with van der Waals surface area (Å²) in [5.74, 6) is 0.663. The van der Waals surface area contributed by atoms with Gasteiger partial charge >= 0.3 is 0 Å². The van der Waals surface area contributed by atoms with Gasteiger partial charge in [0.25, 0.3) is 5.91 Å². The summed E-state index contributed by atoms with van der Waals surface area (Å²) >= 11 is 0. The maximum atomic E-state index is 13.4. The number of halogens is 1. The first-order chi connectivity index (χ1) is 14.2. The van der Waals surface area contributed by atoms with Crippen molar-refractivity contribution in [3.05, 3.63) is 47.3 Å². The second-order valence-corrected chi connectivity index (χ2v) is 8.99. The second kappa shape index (κ2) is 11.3. The molecule has 3 atom stereocenters. The molecule has 0 heterocycles. The minimum Gasteiger partial charge on any atom is -0.355 e. The lowest BCUT2D eigenvalue weighted by Crippen LogP contribution is -2.38. The van der Waals surface area contributed by atoms with E-state index in [2.05, 4.69) is 37.5 Å². The lowest BCUT2D eigenvalue weighted by Gasteiger charge is -2.37. The summed E-state index contributed by atoms with van der Waals surface area (Å²) in [5.41, 5.74) is 1.54. The van der Waals surface area contributed by atoms with Crippen LogP contribution in [0.5, 0.6) is 0 Å². The third-order valence-electron chi connectivity index (χ3n) is 5.98. The third kappa shape index (κ3) is 7.24. The highest BCUT2D eigenvalue weighted by Gasteiger charge is 2.32. The van der Waals surface area contributed by atoms with Gasteiger partial charge in [-0.1, -0.05) is 31.6 Å². The standard InChI is InChI=1S/C24H36FN3O2/c1-16(2)22-13-19(14-23(29)26-9-10-28(4)5)17(3)11-20(22)15-27-24(30)18-7-6-8-21(25)12-18/h6-8,11-12,16,19-20,22H,9-10,13-15H2,1-5H3,(H,26,29)(H,27,30). The number of rotatable bonds is 9. The first kappa shape index (κ1) is 24.1. The molecule has 1 aliphatic rings. The Bertz CT molecular complexity index is 761. The molecule has 0 saturated carbocycles. The van der Waals surface area contributed by atoms with Crippen LogP contribution in [0.2, 0.25) is 0 Å². The maximum Gasteiger partial charge on any atom is 0.251 e. The Kier molecular flexibility index (Phi) is 9.03. The van der Waals surface area contributed by atoms with Gasteiger partial charge in [0.2, 0.25) is 5.91 Å². The summed E-state index contributed by atoms with van der Waals surface area (Å²) in [6.45, 7) is 8.45. The number of hydrogen-bond acceptors (Lipinski definition) is 3. The van der Waals surface area contributed by atoms with Crippen LogP contribution in [0.4, 0.5) is 4.39 Å². The highest BCUT2D eigenvalue weighted by molar-refractivity contribution is 5.94. The third-order valence-corrected chi connectivity index (χ3v) is 5.98. The molecular weight excluding hydrogens is 381 g/mol. The summed E-state index contributed by atoms with van der Waals surface area (Å²) < 4.78 is 13.4. The highest BCUT2D eigenvalue weighted by atomic mass is 19.1. The normalized spacial score (nSPS) is 21.5. The number of nitrogens with one attached hydrogen (secondary N) is 2. The molecule has 6 heteroatoms. The fraction of sp³-hybridized carbons (Fsp3) is 0.583. The lowest BCUT2D eigenvalue weighted by molar-refractivity contribution is -0.122. The molecule has 30 heavy (non-hydrogen) atoms. The summed E-state index contributed by atoms with van der Waals surface area (Å²) in [6.07, 6.45) is 3.65. The zero-order chi connectivity index (χ0) is 22.3. The molecule has 1 aromatic rings. The Hall–Kier alpha value is -2.21. The number of nitrogens with zero attached hydrogens (tertiary/aromatic N) is 1. The molecular formula is C24H36FN3O2. The molecule has 0 aliphatic heterocycles. The van der Waals surface area contributed by atoms with E-state index in [1.165, 1.54) is 17.7 Å². The number of amides is 2. The van der Waals surface area contributed by atoms with E-state index >= 15 is 0 Å². The van der Waals surface area contributed by atoms with Crippen LogP contribution in [0, 0.1) is 29.5 Å². The molecule has 2 N–H and O–H groups in total. The van der Waals surface area contributed by atoms with Gasteiger partial charge < -0.3 is 15.5 Å². The van der Waals surface area contributed by atoms with Gasteiger partial charge in [-0.15, -0.1) is 0 Å². The zero-order valence-corrected chi connectivity index (χ0v) is 18.9. The molecule has 1 aliphatic carbocycles. The van der Waals surface area contributed by atoms with Gasteiger partial charge in [0.15, 0.2) is 0 Å². The Morgan fingerprint density at radius 2 is 1.97 bits per heavy atom. The van der Waals surface area contributed by atoms with E-state index in [-0.39, 0.29) is 23.7 Å². The van der Waals surface area contributed by atoms with Crippen molar-refractivity contribution in [1.29, 1.82) is 0 Å². The topological polar surface area (TPSA) is 61.4 Å². The molecule has 0 aromatic heterocycles. The van der Waals surface area contributed by atoms with Crippen LogP contribution in [0.1, 0.15) is 44.0 Å². The Morgan fingerprint density at radius 1 is 1.23 bits per heavy atom. The van der Waals surface area contributed by atoms with E-state index in [1.807, 2.05) is 19.0 Å². The zero-order valence-electron chi connectivity index (χ0n) is 18.9. The predicted octanol–water partition coefficient (Wildman–Crippen LogP) is 3.48. The van der Waals surface area contributed by atoms with Gasteiger partial charge in [-0.3, -0.25) is 9.59 Å². The van der Waals surface area contributed by atoms with Crippen molar-refractivity contribution in [2.24, 2.45) is 23.7 Å². The van der Waals surface area contributed by atoms with E-state index in [0.717, 1.165) is 13.0 Å². The molecule has 0 saturated heterocycles. The monoisotopic (exact) mass is 417 g/mol. The van der Waals surface area contributed by atoms with Crippen molar-refractivity contribution in [1.82, 2.24) is 15.5 Å². The van der Waals surface area contributed by atoms with Crippen molar-refractivity contribution in [3.8, 4) is 0 Å². The van der Waals surface area contributed by atoms with Gasteiger partial charge in [0.05, 0.1) is 0 Å². The van der Waals surface area contributed by atoms with Crippen LogP contribution in [0.25, 0.3) is 0 Å². The van der Waals surface area contributed by atoms with Crippen molar-refractivity contribution in [2.75, 3.05) is 33.7 Å². The lowest BCUT2D eigenvalue weighted by atomic mass is 9.69. The number of hydrogen-bond donors (Lipinski definition) is 2. The summed E-state index contributed by atoms with van der Waals surface area (Å²) in [5, 5.41) is 5.97. The summed E-state index contributed by atoms with van der Waals surface area (Å²) in [4.78, 5) is 26.8. The molecule has 2 rings (SSSR count). The molecule has 0 radical (unpaired) electrons. The maximum absolute atomic E-state index is 13.4. The average molecular weight is 418 g/mol. The van der Waals surface area contributed by atoms with Crippen LogP contribution in [0.3, 0.4) is 0 Å². The number of carbonyl (C=O) groups excluding carboxylic acids is 2. The molecule has 2 amide bonds. The van der Waals surface area contributed by atoms with Gasteiger partial charge in [-0.2, -0.15) is 0 Å². The molecule has 5 nitrogen and oxygen atoms in total. The fourth-order valence-corrected chi connectivity index (χ4v) is 4.16. The summed E-state index contributed by atoms with van der Waals surface area (Å²) in [6, 6.07) is 5.74. The van der Waals surface area contributed by atoms with Gasteiger partial charge in [0, 0.05) is 31.6 Å². The Balaban J connectivity index is 1.97. The molecule has 1 aromatic carbocycles. The van der Waals surface area contributed by atoms with Crippen LogP contribution in [0.15, 0.2) is 35.9 Å². The number of benzene rings is 1. The first-order valence-electron chi connectivity index (χ1n) is 10.8. The van der Waals surface area contributed by atoms with E-state index in [0.29, 0.717) is 36.9 Å². The molecule has 0 bridgehead atoms. The van der Waals surface area contributed by atoms with Crippen LogP contribution >= 0.6 is 0 Å². The van der Waals surface area contributed by atoms with Crippen molar-refractivity contribution >= 4 is 11.8 Å². The first-order valence-corrected chi connectivity index (χ1v) is 10.8. The molecule has 0 spiro atoms. The Morgan fingerprint density at radius 3 is 2.60 bits per heavy atom. The van der Waals surface area contributed by atoms with Crippen LogP contribution in [-0.4, -0.2) is 50.4 Å². The van der Waals surface area contributed by atoms with Gasteiger partial charge in [-0.05, 0) is 69.3 Å². The van der Waals surface area contributed by atoms with E-state index in [4.69, 9.17) is 0 Å². The van der Waals surface area contributed by atoms with E-state index < -0.39 is 5.82 Å². The minimum atomic E-state index is -0.414. The van der Waals surface area contributed by atoms with E-state index in [1.54, 1.807) is 12.1 Å². The van der Waals surface area contributed by atoms with Gasteiger partial charge in [0.1, 0.15) is 5.82 Å². The van der Waals surface area contributed by atoms with E-state index in [9.17, 15) is 14.0 Å². The summed E-state index contributed by atoms with van der Waals surface area (Å²) in [7, 11) is 3.97.